The summed E-state index contributed by atoms with van der Waals surface area (Å²) in [6, 6.07) is 1.76. The third-order valence-electron chi connectivity index (χ3n) is 0.993. The summed E-state index contributed by atoms with van der Waals surface area (Å²) in [7, 11) is 0. The van der Waals surface area contributed by atoms with E-state index in [9.17, 15) is 4.79 Å². The van der Waals surface area contributed by atoms with Gasteiger partial charge in [0.2, 0.25) is 0 Å². The van der Waals surface area contributed by atoms with Crippen molar-refractivity contribution >= 4 is 33.2 Å². The number of halogens is 1. The lowest BCUT2D eigenvalue weighted by Crippen LogP contribution is -2.16. The van der Waals surface area contributed by atoms with Crippen LogP contribution in [-0.2, 0) is 0 Å². The van der Waals surface area contributed by atoms with E-state index in [0.717, 1.165) is 4.47 Å². The van der Waals surface area contributed by atoms with Crippen molar-refractivity contribution in [2.45, 2.75) is 0 Å². The van der Waals surface area contributed by atoms with E-state index >= 15 is 0 Å². The van der Waals surface area contributed by atoms with Crippen LogP contribution in [-0.4, -0.2) is 5.91 Å². The van der Waals surface area contributed by atoms with E-state index in [-0.39, 0.29) is 5.91 Å². The third-order valence-corrected chi connectivity index (χ3v) is 2.83. The van der Waals surface area contributed by atoms with Crippen LogP contribution in [0.25, 0.3) is 0 Å². The highest BCUT2D eigenvalue weighted by molar-refractivity contribution is 9.10. The maximum absolute atomic E-state index is 11.0. The maximum Gasteiger partial charge on any atom is 0.275 e. The minimum atomic E-state index is -0.366. The predicted molar refractivity (Wildman–Crippen MR) is 45.1 cm³/mol. The van der Waals surface area contributed by atoms with Crippen molar-refractivity contribution in [3.63, 3.8) is 0 Å². The fourth-order valence-corrected chi connectivity index (χ4v) is 2.01. The summed E-state index contributed by atoms with van der Waals surface area (Å²) >= 11 is 4.46. The maximum atomic E-state index is 11.0. The Labute approximate surface area is 75.8 Å². The summed E-state index contributed by atoms with van der Waals surface area (Å²) in [6.07, 6.45) is 1.57. The first kappa shape index (κ1) is 8.24. The Morgan fingerprint density at radius 1 is 1.82 bits per heavy atom. The zero-order chi connectivity index (χ0) is 8.27. The van der Waals surface area contributed by atoms with Crippen LogP contribution in [0.3, 0.4) is 0 Å². The van der Waals surface area contributed by atoms with Gasteiger partial charge in [-0.25, -0.2) is 0 Å². The molecule has 0 aromatic carbocycles. The van der Waals surface area contributed by atoms with Gasteiger partial charge in [0.15, 0.2) is 6.19 Å². The molecule has 5 heteroatoms. The minimum absolute atomic E-state index is 0.366. The quantitative estimate of drug-likeness (QED) is 0.591. The molecule has 1 aromatic heterocycles. The summed E-state index contributed by atoms with van der Waals surface area (Å²) in [6.45, 7) is 0. The standard InChI is InChI=1S/C6H3BrN2OS/c7-4-1-2-11-5(4)6(10)9-3-8/h1-2H,(H,9,10). The van der Waals surface area contributed by atoms with Gasteiger partial charge in [-0.15, -0.1) is 11.3 Å². The smallest absolute Gasteiger partial charge is 0.267 e. The van der Waals surface area contributed by atoms with Crippen LogP contribution >= 0.6 is 27.3 Å². The number of hydrogen-bond acceptors (Lipinski definition) is 3. The van der Waals surface area contributed by atoms with E-state index in [1.807, 2.05) is 5.32 Å². The van der Waals surface area contributed by atoms with Crippen molar-refractivity contribution in [3.05, 3.63) is 20.8 Å². The summed E-state index contributed by atoms with van der Waals surface area (Å²) in [5.41, 5.74) is 0. The Morgan fingerprint density at radius 3 is 3.00 bits per heavy atom. The van der Waals surface area contributed by atoms with Gasteiger partial charge in [-0.05, 0) is 27.4 Å². The Balaban J connectivity index is 2.86. The molecule has 0 fully saturated rings. The first-order valence-electron chi connectivity index (χ1n) is 2.68. The second kappa shape index (κ2) is 3.51. The second-order valence-electron chi connectivity index (χ2n) is 1.66. The number of nitrogens with zero attached hydrogens (tertiary/aromatic N) is 1. The summed E-state index contributed by atoms with van der Waals surface area (Å²) in [5.74, 6) is -0.366. The molecule has 1 aromatic rings. The highest BCUT2D eigenvalue weighted by atomic mass is 79.9. The molecular weight excluding hydrogens is 228 g/mol. The molecule has 1 heterocycles. The molecule has 0 spiro atoms. The number of amides is 1. The molecule has 0 radical (unpaired) electrons. The zero-order valence-electron chi connectivity index (χ0n) is 5.30. The Morgan fingerprint density at radius 2 is 2.55 bits per heavy atom. The first-order chi connectivity index (χ1) is 5.25. The molecule has 0 atom stereocenters. The number of thiophene rings is 1. The van der Waals surface area contributed by atoms with E-state index < -0.39 is 0 Å². The van der Waals surface area contributed by atoms with Crippen molar-refractivity contribution in [2.24, 2.45) is 0 Å². The minimum Gasteiger partial charge on any atom is -0.267 e. The molecule has 0 unspecified atom stereocenters. The van der Waals surface area contributed by atoms with Crippen LogP contribution in [0.1, 0.15) is 9.67 Å². The van der Waals surface area contributed by atoms with Crippen molar-refractivity contribution in [2.75, 3.05) is 0 Å². The van der Waals surface area contributed by atoms with Gasteiger partial charge < -0.3 is 0 Å². The number of carbonyl (C=O) groups is 1. The molecule has 0 aliphatic carbocycles. The Kier molecular flexibility index (Phi) is 2.63. The highest BCUT2D eigenvalue weighted by Gasteiger charge is 2.09. The molecule has 0 aliphatic rings. The van der Waals surface area contributed by atoms with Gasteiger partial charge in [0, 0.05) is 4.47 Å². The van der Waals surface area contributed by atoms with E-state index in [0.29, 0.717) is 4.88 Å². The average molecular weight is 231 g/mol. The number of rotatable bonds is 1. The second-order valence-corrected chi connectivity index (χ2v) is 3.43. The first-order valence-corrected chi connectivity index (χ1v) is 4.35. The van der Waals surface area contributed by atoms with Gasteiger partial charge in [-0.2, -0.15) is 5.26 Å². The van der Waals surface area contributed by atoms with Gasteiger partial charge in [0.25, 0.3) is 5.91 Å². The number of hydrogen-bond donors (Lipinski definition) is 1. The molecular formula is C6H3BrN2OS. The average Bonchev–Trinajstić information content (AvgIpc) is 2.36. The van der Waals surface area contributed by atoms with E-state index in [1.165, 1.54) is 11.3 Å². The lowest BCUT2D eigenvalue weighted by atomic mass is 10.4. The van der Waals surface area contributed by atoms with Crippen LogP contribution in [0.5, 0.6) is 0 Å². The van der Waals surface area contributed by atoms with Crippen LogP contribution in [0.4, 0.5) is 0 Å². The summed E-state index contributed by atoms with van der Waals surface area (Å²) in [5, 5.41) is 11.9. The zero-order valence-corrected chi connectivity index (χ0v) is 7.70. The van der Waals surface area contributed by atoms with Gasteiger partial charge in [0.05, 0.1) is 0 Å². The molecule has 0 bridgehead atoms. The molecule has 0 saturated carbocycles. The molecule has 0 aliphatic heterocycles. The lowest BCUT2D eigenvalue weighted by Gasteiger charge is -1.91. The fraction of sp³-hybridized carbons (Fsp3) is 0. The third kappa shape index (κ3) is 1.79. The Bertz CT molecular complexity index is 315. The fourth-order valence-electron chi connectivity index (χ4n) is 0.563. The van der Waals surface area contributed by atoms with Crippen LogP contribution in [0.2, 0.25) is 0 Å². The Hall–Kier alpha value is -0.860. The molecule has 56 valence electrons. The summed E-state index contributed by atoms with van der Waals surface area (Å²) < 4.78 is 0.718. The van der Waals surface area contributed by atoms with Gasteiger partial charge in [-0.1, -0.05) is 0 Å². The molecule has 0 saturated heterocycles. The number of nitrogens with one attached hydrogen (secondary N) is 1. The summed E-state index contributed by atoms with van der Waals surface area (Å²) in [4.78, 5) is 11.5. The monoisotopic (exact) mass is 230 g/mol. The predicted octanol–water partition coefficient (Wildman–Crippen LogP) is 1.72. The number of carbonyl (C=O) groups excluding carboxylic acids is 1. The normalized spacial score (nSPS) is 8.73. The largest absolute Gasteiger partial charge is 0.275 e. The van der Waals surface area contributed by atoms with Crippen LogP contribution in [0, 0.1) is 11.5 Å². The van der Waals surface area contributed by atoms with Crippen molar-refractivity contribution in [1.82, 2.24) is 5.32 Å². The van der Waals surface area contributed by atoms with Crippen LogP contribution in [0.15, 0.2) is 15.9 Å². The van der Waals surface area contributed by atoms with Crippen molar-refractivity contribution < 1.29 is 4.79 Å². The lowest BCUT2D eigenvalue weighted by molar-refractivity contribution is 0.0976. The molecule has 1 amide bonds. The van der Waals surface area contributed by atoms with Gasteiger partial charge in [0.1, 0.15) is 4.88 Å². The highest BCUT2D eigenvalue weighted by Crippen LogP contribution is 2.21. The molecule has 1 N–H and O–H groups in total. The van der Waals surface area contributed by atoms with E-state index in [4.69, 9.17) is 5.26 Å². The SMILES string of the molecule is N#CNC(=O)c1sccc1Br. The van der Waals surface area contributed by atoms with Crippen molar-refractivity contribution in [3.8, 4) is 6.19 Å². The number of nitriles is 1. The topological polar surface area (TPSA) is 52.9 Å². The van der Waals surface area contributed by atoms with E-state index in [1.54, 1.807) is 17.6 Å². The molecule has 3 nitrogen and oxygen atoms in total. The van der Waals surface area contributed by atoms with Gasteiger partial charge in [-0.3, -0.25) is 10.1 Å². The van der Waals surface area contributed by atoms with E-state index in [2.05, 4.69) is 15.9 Å². The van der Waals surface area contributed by atoms with Crippen molar-refractivity contribution in [1.29, 1.82) is 5.26 Å². The molecule has 1 rings (SSSR count). The van der Waals surface area contributed by atoms with Gasteiger partial charge >= 0.3 is 0 Å². The molecule has 11 heavy (non-hydrogen) atoms. The van der Waals surface area contributed by atoms with Crippen LogP contribution < -0.4 is 5.32 Å².